The minimum Gasteiger partial charge on any atom is -0.456 e. The Morgan fingerprint density at radius 2 is 0.771 bits per heavy atom. The summed E-state index contributed by atoms with van der Waals surface area (Å²) in [6, 6.07) is 111. The second-order valence-electron chi connectivity index (χ2n) is 26.5. The van der Waals surface area contributed by atoms with Crippen LogP contribution in [0, 0.1) is 0 Å². The van der Waals surface area contributed by atoms with Gasteiger partial charge in [-0.2, -0.15) is 4.98 Å². The van der Waals surface area contributed by atoms with Crippen LogP contribution < -0.4 is 0 Å². The molecule has 6 aromatic heterocycles. The standard InChI is InChI=1S/C89H56N6O/c1-89(2)74-26-12-6-20-62(74)69-50-72-66-24-10-16-30-80(66)95(84(72)51-75(69)89)88-90-76(52-87(91-88)94-79-29-15-9-23-65(79)71-46-54(37-42-82(71)94)56-38-43-86-73(48-56)68-25-11-17-31-85(68)96-86)58-33-32-53-34-39-61(45-59(53)44-58)93-77-27-13-7-21-63(77)67-40-35-57(49-83(67)93)55-36-41-81-70(47-55)64-22-8-14-28-78(64)92(81)60-18-4-3-5-19-60/h3-52H,1-2H3. The van der Waals surface area contributed by atoms with Crippen molar-refractivity contribution in [2.75, 3.05) is 0 Å². The minimum atomic E-state index is -0.220. The summed E-state index contributed by atoms with van der Waals surface area (Å²) < 4.78 is 15.8. The second kappa shape index (κ2) is 19.7. The molecule has 448 valence electrons. The monoisotopic (exact) mass is 1220 g/mol. The van der Waals surface area contributed by atoms with E-state index in [2.05, 4.69) is 323 Å². The van der Waals surface area contributed by atoms with E-state index in [9.17, 15) is 0 Å². The summed E-state index contributed by atoms with van der Waals surface area (Å²) >= 11 is 0. The molecule has 0 radical (unpaired) electrons. The highest BCUT2D eigenvalue weighted by Gasteiger charge is 2.36. The lowest BCUT2D eigenvalue weighted by molar-refractivity contribution is 0.661. The van der Waals surface area contributed by atoms with Crippen molar-refractivity contribution in [2.45, 2.75) is 19.3 Å². The van der Waals surface area contributed by atoms with Crippen molar-refractivity contribution in [3.8, 4) is 67.8 Å². The van der Waals surface area contributed by atoms with Gasteiger partial charge in [0.15, 0.2) is 0 Å². The zero-order valence-corrected chi connectivity index (χ0v) is 52.5. The lowest BCUT2D eigenvalue weighted by atomic mass is 9.82. The molecule has 0 aliphatic heterocycles. The average molecular weight is 1230 g/mol. The number of rotatable bonds is 7. The molecule has 20 aromatic rings. The summed E-state index contributed by atoms with van der Waals surface area (Å²) in [4.78, 5) is 11.5. The van der Waals surface area contributed by atoms with Crippen LogP contribution in [0.25, 0.3) is 188 Å². The van der Waals surface area contributed by atoms with E-state index < -0.39 is 0 Å². The number of nitrogens with zero attached hydrogens (tertiary/aromatic N) is 6. The molecule has 1 aliphatic rings. The van der Waals surface area contributed by atoms with Gasteiger partial charge < -0.3 is 13.6 Å². The van der Waals surface area contributed by atoms with E-state index in [1.165, 1.54) is 65.8 Å². The Kier molecular flexibility index (Phi) is 10.9. The third-order valence-electron chi connectivity index (χ3n) is 21.0. The molecule has 1 aliphatic carbocycles. The molecular weight excluding hydrogens is 1170 g/mol. The van der Waals surface area contributed by atoms with Crippen LogP contribution in [-0.4, -0.2) is 28.2 Å². The Labute approximate surface area is 550 Å². The van der Waals surface area contributed by atoms with Crippen LogP contribution in [0.15, 0.2) is 308 Å². The van der Waals surface area contributed by atoms with Crippen molar-refractivity contribution in [1.29, 1.82) is 0 Å². The molecule has 96 heavy (non-hydrogen) atoms. The zero-order valence-electron chi connectivity index (χ0n) is 52.5. The molecule has 0 saturated heterocycles. The number of hydrogen-bond acceptors (Lipinski definition) is 3. The van der Waals surface area contributed by atoms with Crippen LogP contribution in [-0.2, 0) is 5.41 Å². The number of furan rings is 1. The van der Waals surface area contributed by atoms with E-state index in [1.54, 1.807) is 0 Å². The molecule has 7 nitrogen and oxygen atoms in total. The van der Waals surface area contributed by atoms with Gasteiger partial charge in [0.2, 0.25) is 5.95 Å². The maximum atomic E-state index is 6.29. The molecular formula is C89H56N6O. The topological polar surface area (TPSA) is 58.6 Å². The van der Waals surface area contributed by atoms with Gasteiger partial charge in [-0.05, 0) is 171 Å². The molecule has 14 aromatic carbocycles. The van der Waals surface area contributed by atoms with Crippen molar-refractivity contribution in [3.63, 3.8) is 0 Å². The van der Waals surface area contributed by atoms with Crippen LogP contribution in [0.1, 0.15) is 25.0 Å². The van der Waals surface area contributed by atoms with Gasteiger partial charge >= 0.3 is 0 Å². The molecule has 0 unspecified atom stereocenters. The van der Waals surface area contributed by atoms with Gasteiger partial charge in [0, 0.05) is 82.3 Å². The van der Waals surface area contributed by atoms with E-state index in [1.807, 2.05) is 12.1 Å². The first kappa shape index (κ1) is 53.0. The van der Waals surface area contributed by atoms with Gasteiger partial charge in [-0.3, -0.25) is 9.13 Å². The first-order chi connectivity index (χ1) is 47.3. The molecule has 6 heterocycles. The fourth-order valence-electron chi connectivity index (χ4n) is 16.4. The normalized spacial score (nSPS) is 13.0. The van der Waals surface area contributed by atoms with E-state index >= 15 is 0 Å². The minimum absolute atomic E-state index is 0.220. The fraction of sp³-hybridized carbons (Fsp3) is 0.0337. The summed E-state index contributed by atoms with van der Waals surface area (Å²) in [6.45, 7) is 4.71. The average Bonchev–Trinajstić information content (AvgIpc) is 1.55. The number of benzene rings is 14. The summed E-state index contributed by atoms with van der Waals surface area (Å²) in [5, 5.41) is 14.0. The Balaban J connectivity index is 0.753. The van der Waals surface area contributed by atoms with Crippen molar-refractivity contribution < 1.29 is 4.42 Å². The number of para-hydroxylation sites is 6. The van der Waals surface area contributed by atoms with Gasteiger partial charge in [0.05, 0.1) is 49.8 Å². The summed E-state index contributed by atoms with van der Waals surface area (Å²) in [5.74, 6) is 1.37. The third kappa shape index (κ3) is 7.59. The number of hydrogen-bond donors (Lipinski definition) is 0. The van der Waals surface area contributed by atoms with E-state index in [-0.39, 0.29) is 5.41 Å². The maximum absolute atomic E-state index is 6.29. The highest BCUT2D eigenvalue weighted by atomic mass is 16.3. The largest absolute Gasteiger partial charge is 0.456 e. The van der Waals surface area contributed by atoms with Crippen LogP contribution in [0.5, 0.6) is 0 Å². The molecule has 0 N–H and O–H groups in total. The highest BCUT2D eigenvalue weighted by molar-refractivity contribution is 6.15. The van der Waals surface area contributed by atoms with Gasteiger partial charge in [-0.1, -0.05) is 196 Å². The van der Waals surface area contributed by atoms with Gasteiger partial charge in [-0.25, -0.2) is 4.98 Å². The molecule has 7 heteroatoms. The number of fused-ring (bicyclic) bond motifs is 19. The summed E-state index contributed by atoms with van der Waals surface area (Å²) in [5.41, 5.74) is 24.3. The predicted molar refractivity (Wildman–Crippen MR) is 398 cm³/mol. The molecule has 0 amide bonds. The van der Waals surface area contributed by atoms with Crippen molar-refractivity contribution >= 4 is 120 Å². The van der Waals surface area contributed by atoms with Gasteiger partial charge in [0.25, 0.3) is 0 Å². The highest BCUT2D eigenvalue weighted by Crippen LogP contribution is 2.51. The Bertz CT molecular complexity index is 6750. The molecule has 0 saturated carbocycles. The summed E-state index contributed by atoms with van der Waals surface area (Å²) in [7, 11) is 0. The van der Waals surface area contributed by atoms with Crippen molar-refractivity contribution in [3.05, 3.63) is 314 Å². The molecule has 0 bridgehead atoms. The van der Waals surface area contributed by atoms with E-state index in [0.717, 1.165) is 127 Å². The van der Waals surface area contributed by atoms with Crippen molar-refractivity contribution in [2.24, 2.45) is 0 Å². The van der Waals surface area contributed by atoms with E-state index in [0.29, 0.717) is 5.95 Å². The Morgan fingerprint density at radius 3 is 1.50 bits per heavy atom. The molecule has 21 rings (SSSR count). The molecule has 0 fully saturated rings. The summed E-state index contributed by atoms with van der Waals surface area (Å²) in [6.07, 6.45) is 0. The SMILES string of the molecule is CC1(C)c2ccccc2-c2cc3c4ccccc4n(-c4nc(-c5ccc6ccc(-n7c8ccccc8c8ccc(-c9ccc%10c(c9)c9ccccc9n%10-c9ccccc9)cc87)cc6c5)cc(-n5c6ccccc6c6cc(-c7ccc8oc9ccccc9c8c7)ccc65)n4)c3cc21. The first-order valence-corrected chi connectivity index (χ1v) is 33.0. The number of aromatic nitrogens is 6. The van der Waals surface area contributed by atoms with Crippen LogP contribution in [0.4, 0.5) is 0 Å². The van der Waals surface area contributed by atoms with Crippen LogP contribution in [0.3, 0.4) is 0 Å². The van der Waals surface area contributed by atoms with E-state index in [4.69, 9.17) is 14.4 Å². The molecule has 0 spiro atoms. The third-order valence-corrected chi connectivity index (χ3v) is 21.0. The van der Waals surface area contributed by atoms with Crippen LogP contribution >= 0.6 is 0 Å². The van der Waals surface area contributed by atoms with Gasteiger partial charge in [-0.15, -0.1) is 0 Å². The Hall–Kier alpha value is -12.6. The molecule has 0 atom stereocenters. The van der Waals surface area contributed by atoms with Crippen LogP contribution in [0.2, 0.25) is 0 Å². The van der Waals surface area contributed by atoms with Crippen molar-refractivity contribution in [1.82, 2.24) is 28.2 Å². The predicted octanol–water partition coefficient (Wildman–Crippen LogP) is 23.2. The van der Waals surface area contributed by atoms with Gasteiger partial charge in [0.1, 0.15) is 17.0 Å². The Morgan fingerprint density at radius 1 is 0.271 bits per heavy atom. The maximum Gasteiger partial charge on any atom is 0.237 e. The second-order valence-corrected chi connectivity index (χ2v) is 26.5. The quantitative estimate of drug-likeness (QED) is 0.160. The lowest BCUT2D eigenvalue weighted by Crippen LogP contribution is -2.15. The zero-order chi connectivity index (χ0) is 63.1. The first-order valence-electron chi connectivity index (χ1n) is 33.0. The smallest absolute Gasteiger partial charge is 0.237 e. The lowest BCUT2D eigenvalue weighted by Gasteiger charge is -2.21. The fourth-order valence-corrected chi connectivity index (χ4v) is 16.4.